The summed E-state index contributed by atoms with van der Waals surface area (Å²) in [4.78, 5) is 17.2. The minimum absolute atomic E-state index is 0.189. The van der Waals surface area contributed by atoms with E-state index in [1.54, 1.807) is 24.3 Å². The third-order valence-corrected chi connectivity index (χ3v) is 3.95. The molecule has 0 amide bonds. The summed E-state index contributed by atoms with van der Waals surface area (Å²) in [5.41, 5.74) is 1.30. The van der Waals surface area contributed by atoms with Crippen molar-refractivity contribution in [3.8, 4) is 0 Å². The summed E-state index contributed by atoms with van der Waals surface area (Å²) in [5.74, 6) is -0.189. The molecule has 7 heteroatoms. The molecule has 0 aliphatic carbocycles. The Hall–Kier alpha value is -2.57. The zero-order chi connectivity index (χ0) is 16.9. The third kappa shape index (κ3) is 3.67. The van der Waals surface area contributed by atoms with Gasteiger partial charge in [-0.15, -0.1) is 0 Å². The Morgan fingerprint density at radius 2 is 1.83 bits per heavy atom. The molecule has 24 heavy (non-hydrogen) atoms. The van der Waals surface area contributed by atoms with Gasteiger partial charge in [-0.1, -0.05) is 42.0 Å². The van der Waals surface area contributed by atoms with Crippen molar-refractivity contribution in [2.45, 2.75) is 6.04 Å². The molecule has 0 spiro atoms. The van der Waals surface area contributed by atoms with Gasteiger partial charge >= 0.3 is 0 Å². The number of benzene rings is 2. The van der Waals surface area contributed by atoms with Crippen molar-refractivity contribution in [3.05, 3.63) is 77.8 Å². The molecule has 0 bridgehead atoms. The van der Waals surface area contributed by atoms with Crippen LogP contribution in [0.1, 0.15) is 16.4 Å². The fourth-order valence-corrected chi connectivity index (χ4v) is 2.67. The van der Waals surface area contributed by atoms with E-state index in [0.29, 0.717) is 15.6 Å². The maximum absolute atomic E-state index is 12.9. The molecule has 0 aliphatic rings. The molecule has 3 aromatic rings. The Morgan fingerprint density at radius 3 is 2.46 bits per heavy atom. The molecule has 0 saturated carbocycles. The standard InChI is InChI=1S/C17H13ClN4OS/c18-13-8-6-12(7-9-13)16(23)15(22-11-19-10-20-22)17(24)21-14-4-2-1-3-5-14/h1-11,15H,(H,21,24). The number of anilines is 1. The maximum Gasteiger partial charge on any atom is 0.194 e. The Balaban J connectivity index is 1.90. The average molecular weight is 357 g/mol. The number of hydrogen-bond acceptors (Lipinski definition) is 4. The van der Waals surface area contributed by atoms with E-state index in [4.69, 9.17) is 23.8 Å². The highest BCUT2D eigenvalue weighted by atomic mass is 35.5. The third-order valence-electron chi connectivity index (χ3n) is 3.37. The van der Waals surface area contributed by atoms with Crippen LogP contribution in [0.5, 0.6) is 0 Å². The molecule has 1 heterocycles. The lowest BCUT2D eigenvalue weighted by molar-refractivity contribution is 0.0953. The number of nitrogens with zero attached hydrogens (tertiary/aromatic N) is 3. The van der Waals surface area contributed by atoms with Crippen LogP contribution in [0.4, 0.5) is 5.69 Å². The number of thiocarbonyl (C=S) groups is 1. The van der Waals surface area contributed by atoms with Crippen LogP contribution < -0.4 is 5.32 Å². The molecule has 1 unspecified atom stereocenters. The molecular weight excluding hydrogens is 344 g/mol. The Labute approximate surface area is 149 Å². The highest BCUT2D eigenvalue weighted by molar-refractivity contribution is 7.80. The molecule has 0 aliphatic heterocycles. The second-order valence-electron chi connectivity index (χ2n) is 5.00. The molecule has 2 aromatic carbocycles. The number of ketones is 1. The zero-order valence-electron chi connectivity index (χ0n) is 12.5. The normalized spacial score (nSPS) is 11.7. The lowest BCUT2D eigenvalue weighted by atomic mass is 10.0. The fourth-order valence-electron chi connectivity index (χ4n) is 2.21. The summed E-state index contributed by atoms with van der Waals surface area (Å²) in [7, 11) is 0. The van der Waals surface area contributed by atoms with Gasteiger partial charge in [0.05, 0.1) is 0 Å². The van der Waals surface area contributed by atoms with Crippen LogP contribution in [0.2, 0.25) is 5.02 Å². The minimum Gasteiger partial charge on any atom is -0.348 e. The van der Waals surface area contributed by atoms with Crippen molar-refractivity contribution in [2.75, 3.05) is 5.32 Å². The highest BCUT2D eigenvalue weighted by Gasteiger charge is 2.27. The van der Waals surface area contributed by atoms with Crippen LogP contribution in [-0.2, 0) is 0 Å². The van der Waals surface area contributed by atoms with Gasteiger partial charge in [0.25, 0.3) is 0 Å². The van der Waals surface area contributed by atoms with Gasteiger partial charge in [0.1, 0.15) is 17.6 Å². The number of aromatic nitrogens is 3. The molecule has 0 saturated heterocycles. The van der Waals surface area contributed by atoms with Crippen molar-refractivity contribution in [1.82, 2.24) is 14.8 Å². The SMILES string of the molecule is O=C(c1ccc(Cl)cc1)C(C(=S)Nc1ccccc1)n1cncn1. The van der Waals surface area contributed by atoms with E-state index < -0.39 is 6.04 Å². The van der Waals surface area contributed by atoms with E-state index >= 15 is 0 Å². The van der Waals surface area contributed by atoms with E-state index in [1.165, 1.54) is 17.3 Å². The van der Waals surface area contributed by atoms with Crippen LogP contribution in [0, 0.1) is 0 Å². The molecule has 120 valence electrons. The summed E-state index contributed by atoms with van der Waals surface area (Å²) in [6, 6.07) is 15.3. The van der Waals surface area contributed by atoms with Crippen molar-refractivity contribution < 1.29 is 4.79 Å². The Bertz CT molecular complexity index is 835. The number of para-hydroxylation sites is 1. The first-order chi connectivity index (χ1) is 11.6. The van der Waals surface area contributed by atoms with Crippen molar-refractivity contribution in [2.24, 2.45) is 0 Å². The van der Waals surface area contributed by atoms with Gasteiger partial charge in [-0.05, 0) is 36.4 Å². The average Bonchev–Trinajstić information content (AvgIpc) is 3.10. The predicted molar refractivity (Wildman–Crippen MR) is 97.5 cm³/mol. The van der Waals surface area contributed by atoms with E-state index in [0.717, 1.165) is 5.69 Å². The first kappa shape index (κ1) is 16.3. The lowest BCUT2D eigenvalue weighted by Crippen LogP contribution is -2.31. The van der Waals surface area contributed by atoms with E-state index in [-0.39, 0.29) is 5.78 Å². The molecule has 1 atom stereocenters. The van der Waals surface area contributed by atoms with E-state index in [9.17, 15) is 4.79 Å². The number of halogens is 1. The highest BCUT2D eigenvalue weighted by Crippen LogP contribution is 2.19. The largest absolute Gasteiger partial charge is 0.348 e. The molecule has 1 aromatic heterocycles. The number of hydrogen-bond donors (Lipinski definition) is 1. The summed E-state index contributed by atoms with van der Waals surface area (Å²) in [5, 5.41) is 7.73. The van der Waals surface area contributed by atoms with E-state index in [2.05, 4.69) is 15.4 Å². The smallest absolute Gasteiger partial charge is 0.194 e. The number of carbonyl (C=O) groups is 1. The minimum atomic E-state index is -0.788. The van der Waals surface area contributed by atoms with Gasteiger partial charge in [-0.3, -0.25) is 4.79 Å². The second-order valence-corrected chi connectivity index (χ2v) is 5.88. The van der Waals surface area contributed by atoms with Gasteiger partial charge < -0.3 is 5.32 Å². The molecule has 1 N–H and O–H groups in total. The van der Waals surface area contributed by atoms with Crippen molar-refractivity contribution in [3.63, 3.8) is 0 Å². The van der Waals surface area contributed by atoms with Gasteiger partial charge in [0, 0.05) is 16.3 Å². The molecular formula is C17H13ClN4OS. The quantitative estimate of drug-likeness (QED) is 0.556. The van der Waals surface area contributed by atoms with Crippen LogP contribution >= 0.6 is 23.8 Å². The number of rotatable bonds is 5. The monoisotopic (exact) mass is 356 g/mol. The number of Topliss-reactive ketones (excluding diaryl/α,β-unsaturated/α-hetero) is 1. The van der Waals surface area contributed by atoms with Gasteiger partial charge in [-0.25, -0.2) is 9.67 Å². The van der Waals surface area contributed by atoms with E-state index in [1.807, 2.05) is 30.3 Å². The van der Waals surface area contributed by atoms with Crippen molar-refractivity contribution >= 4 is 40.3 Å². The van der Waals surface area contributed by atoms with Crippen LogP contribution in [0.3, 0.4) is 0 Å². The summed E-state index contributed by atoms with van der Waals surface area (Å²) in [6.45, 7) is 0. The molecule has 0 fully saturated rings. The van der Waals surface area contributed by atoms with Gasteiger partial charge in [-0.2, -0.15) is 5.10 Å². The zero-order valence-corrected chi connectivity index (χ0v) is 14.0. The predicted octanol–water partition coefficient (Wildman–Crippen LogP) is 3.80. The number of nitrogens with one attached hydrogen (secondary N) is 1. The fraction of sp³-hybridized carbons (Fsp3) is 0.0588. The number of carbonyl (C=O) groups excluding carboxylic acids is 1. The van der Waals surface area contributed by atoms with Gasteiger partial charge in [0.2, 0.25) is 0 Å². The van der Waals surface area contributed by atoms with Crippen LogP contribution in [0.25, 0.3) is 0 Å². The maximum atomic E-state index is 12.9. The van der Waals surface area contributed by atoms with Crippen LogP contribution in [0.15, 0.2) is 67.3 Å². The lowest BCUT2D eigenvalue weighted by Gasteiger charge is -2.18. The first-order valence-electron chi connectivity index (χ1n) is 7.15. The molecule has 5 nitrogen and oxygen atoms in total. The summed E-state index contributed by atoms with van der Waals surface area (Å²) in [6.07, 6.45) is 2.84. The van der Waals surface area contributed by atoms with Crippen molar-refractivity contribution in [1.29, 1.82) is 0 Å². The molecule has 3 rings (SSSR count). The first-order valence-corrected chi connectivity index (χ1v) is 7.93. The Kier molecular flexibility index (Phi) is 4.98. The second kappa shape index (κ2) is 7.33. The van der Waals surface area contributed by atoms with Crippen LogP contribution in [-0.4, -0.2) is 25.5 Å². The summed E-state index contributed by atoms with van der Waals surface area (Å²) >= 11 is 11.3. The Morgan fingerprint density at radius 1 is 1.12 bits per heavy atom. The summed E-state index contributed by atoms with van der Waals surface area (Å²) < 4.78 is 1.44. The van der Waals surface area contributed by atoms with Gasteiger partial charge in [0.15, 0.2) is 11.8 Å². The topological polar surface area (TPSA) is 59.8 Å². The molecule has 0 radical (unpaired) electrons.